The van der Waals surface area contributed by atoms with Gasteiger partial charge in [-0.05, 0) is 6.92 Å². The van der Waals surface area contributed by atoms with E-state index >= 15 is 0 Å². The van der Waals surface area contributed by atoms with Crippen LogP contribution in [-0.2, 0) is 9.63 Å². The van der Waals surface area contributed by atoms with Gasteiger partial charge in [0, 0.05) is 0 Å². The van der Waals surface area contributed by atoms with Crippen LogP contribution < -0.4 is 5.11 Å². The number of carbonyl (C=O) groups is 1. The summed E-state index contributed by atoms with van der Waals surface area (Å²) < 4.78 is 0. The summed E-state index contributed by atoms with van der Waals surface area (Å²) in [6, 6.07) is 0. The number of rotatable bonds is 2. The summed E-state index contributed by atoms with van der Waals surface area (Å²) in [6.45, 7) is 1.29. The summed E-state index contributed by atoms with van der Waals surface area (Å²) in [5.41, 5.74) is -0.160. The van der Waals surface area contributed by atoms with Crippen molar-refractivity contribution in [1.29, 1.82) is 0 Å². The van der Waals surface area contributed by atoms with Gasteiger partial charge in [0.25, 0.3) is 0 Å². The topological polar surface area (TPSA) is 61.7 Å². The molecular weight excluding hydrogens is 110 g/mol. The first-order chi connectivity index (χ1) is 3.68. The van der Waals surface area contributed by atoms with Gasteiger partial charge in [-0.25, -0.2) is 0 Å². The number of nitrogens with zero attached hydrogens (tertiary/aromatic N) is 1. The molecule has 46 valence electrons. The summed E-state index contributed by atoms with van der Waals surface area (Å²) in [7, 11) is 1.27. The van der Waals surface area contributed by atoms with Crippen LogP contribution in [0.2, 0.25) is 0 Å². The Morgan fingerprint density at radius 2 is 2.25 bits per heavy atom. The maximum atomic E-state index is 9.77. The van der Waals surface area contributed by atoms with Gasteiger partial charge >= 0.3 is 0 Å². The monoisotopic (exact) mass is 116 g/mol. The number of carbonyl (C=O) groups excluding carboxylic acids is 1. The zero-order valence-corrected chi connectivity index (χ0v) is 4.67. The van der Waals surface area contributed by atoms with Gasteiger partial charge in [-0.3, -0.25) is 0 Å². The Hall–Kier alpha value is -1.06. The lowest BCUT2D eigenvalue weighted by Crippen LogP contribution is -2.29. The Bertz CT molecular complexity index is 118. The molecule has 4 heteroatoms. The number of oxime groups is 1. The Morgan fingerprint density at radius 1 is 1.75 bits per heavy atom. The van der Waals surface area contributed by atoms with E-state index in [0.29, 0.717) is 0 Å². The van der Waals surface area contributed by atoms with Crippen molar-refractivity contribution >= 4 is 11.7 Å². The van der Waals surface area contributed by atoms with Crippen LogP contribution in [0.1, 0.15) is 6.92 Å². The van der Waals surface area contributed by atoms with Crippen molar-refractivity contribution in [1.82, 2.24) is 0 Å². The Kier molecular flexibility index (Phi) is 2.61. The number of hydrogen-bond acceptors (Lipinski definition) is 4. The molecule has 0 saturated heterocycles. The van der Waals surface area contributed by atoms with Gasteiger partial charge in [-0.1, -0.05) is 5.16 Å². The molecule has 4 nitrogen and oxygen atoms in total. The van der Waals surface area contributed by atoms with Crippen molar-refractivity contribution in [3.8, 4) is 0 Å². The van der Waals surface area contributed by atoms with Gasteiger partial charge in [0.1, 0.15) is 7.11 Å². The van der Waals surface area contributed by atoms with Crippen molar-refractivity contribution in [3.05, 3.63) is 0 Å². The van der Waals surface area contributed by atoms with E-state index in [9.17, 15) is 9.90 Å². The Balaban J connectivity index is 3.80. The first kappa shape index (κ1) is 6.94. The molecule has 0 unspecified atom stereocenters. The molecule has 0 fully saturated rings. The molecule has 0 bridgehead atoms. The van der Waals surface area contributed by atoms with E-state index in [1.807, 2.05) is 0 Å². The first-order valence-corrected chi connectivity index (χ1v) is 1.97. The van der Waals surface area contributed by atoms with Crippen LogP contribution in [0, 0.1) is 0 Å². The molecular formula is C4H6NO3-. The predicted octanol–water partition coefficient (Wildman–Crippen LogP) is -1.24. The van der Waals surface area contributed by atoms with E-state index in [1.54, 1.807) is 0 Å². The van der Waals surface area contributed by atoms with Gasteiger partial charge in [0.05, 0.1) is 11.7 Å². The maximum Gasteiger partial charge on any atom is 0.106 e. The quantitative estimate of drug-likeness (QED) is 0.335. The smallest absolute Gasteiger partial charge is 0.106 e. The SMILES string of the molecule is CO/N=C(/C)C(=O)[O-]. The van der Waals surface area contributed by atoms with Crippen molar-refractivity contribution in [3.63, 3.8) is 0 Å². The second kappa shape index (κ2) is 3.01. The van der Waals surface area contributed by atoms with Gasteiger partial charge < -0.3 is 14.7 Å². The van der Waals surface area contributed by atoms with Gasteiger partial charge in [0.2, 0.25) is 0 Å². The number of carboxylic acids is 1. The predicted molar refractivity (Wildman–Crippen MR) is 25.1 cm³/mol. The molecule has 0 heterocycles. The van der Waals surface area contributed by atoms with Gasteiger partial charge in [-0.15, -0.1) is 0 Å². The number of aliphatic carboxylic acids is 1. The molecule has 0 atom stereocenters. The Labute approximate surface area is 46.8 Å². The Morgan fingerprint density at radius 3 is 2.38 bits per heavy atom. The minimum Gasteiger partial charge on any atom is -0.543 e. The highest BCUT2D eigenvalue weighted by molar-refractivity contribution is 6.33. The zero-order chi connectivity index (χ0) is 6.57. The highest BCUT2D eigenvalue weighted by Gasteiger charge is 1.87. The van der Waals surface area contributed by atoms with Crippen molar-refractivity contribution in [2.75, 3.05) is 7.11 Å². The number of carboxylic acid groups (broad SMARTS) is 1. The van der Waals surface area contributed by atoms with Crippen LogP contribution in [0.4, 0.5) is 0 Å². The van der Waals surface area contributed by atoms with E-state index < -0.39 is 5.97 Å². The molecule has 0 N–H and O–H groups in total. The van der Waals surface area contributed by atoms with E-state index in [0.717, 1.165) is 0 Å². The van der Waals surface area contributed by atoms with Crippen LogP contribution in [-0.4, -0.2) is 18.8 Å². The third-order valence-electron chi connectivity index (χ3n) is 0.524. The maximum absolute atomic E-state index is 9.77. The van der Waals surface area contributed by atoms with E-state index in [1.165, 1.54) is 14.0 Å². The van der Waals surface area contributed by atoms with Gasteiger partial charge in [-0.2, -0.15) is 0 Å². The van der Waals surface area contributed by atoms with E-state index in [4.69, 9.17) is 0 Å². The summed E-state index contributed by atoms with van der Waals surface area (Å²) in [5, 5.41) is 12.8. The van der Waals surface area contributed by atoms with Crippen LogP contribution in [0.5, 0.6) is 0 Å². The van der Waals surface area contributed by atoms with Crippen LogP contribution in [0.15, 0.2) is 5.16 Å². The molecule has 0 aliphatic heterocycles. The van der Waals surface area contributed by atoms with Crippen molar-refractivity contribution in [2.45, 2.75) is 6.92 Å². The summed E-state index contributed by atoms with van der Waals surface area (Å²) in [6.07, 6.45) is 0. The fourth-order valence-electron chi connectivity index (χ4n) is 0.174. The lowest BCUT2D eigenvalue weighted by atomic mass is 10.4. The molecule has 0 saturated carbocycles. The fourth-order valence-corrected chi connectivity index (χ4v) is 0.174. The molecule has 0 spiro atoms. The highest BCUT2D eigenvalue weighted by Crippen LogP contribution is 1.73. The zero-order valence-electron chi connectivity index (χ0n) is 4.67. The third kappa shape index (κ3) is 2.17. The van der Waals surface area contributed by atoms with Gasteiger partial charge in [0.15, 0.2) is 0 Å². The average molecular weight is 116 g/mol. The van der Waals surface area contributed by atoms with Crippen molar-refractivity contribution in [2.24, 2.45) is 5.16 Å². The van der Waals surface area contributed by atoms with Crippen LogP contribution in [0.3, 0.4) is 0 Å². The molecule has 0 radical (unpaired) electrons. The number of hydrogen-bond donors (Lipinski definition) is 0. The molecule has 8 heavy (non-hydrogen) atoms. The summed E-state index contributed by atoms with van der Waals surface area (Å²) in [4.78, 5) is 13.9. The minimum atomic E-state index is -1.31. The average Bonchev–Trinajstić information content (AvgIpc) is 1.67. The third-order valence-corrected chi connectivity index (χ3v) is 0.524. The van der Waals surface area contributed by atoms with Crippen molar-refractivity contribution < 1.29 is 14.7 Å². The van der Waals surface area contributed by atoms with E-state index in [-0.39, 0.29) is 5.71 Å². The molecule has 0 aliphatic rings. The highest BCUT2D eigenvalue weighted by atomic mass is 16.6. The second-order valence-electron chi connectivity index (χ2n) is 1.15. The van der Waals surface area contributed by atoms with Crippen LogP contribution >= 0.6 is 0 Å². The minimum absolute atomic E-state index is 0.160. The largest absolute Gasteiger partial charge is 0.543 e. The summed E-state index contributed by atoms with van der Waals surface area (Å²) in [5.74, 6) is -1.31. The molecule has 0 aromatic heterocycles. The fraction of sp³-hybridized carbons (Fsp3) is 0.500. The molecule has 0 aliphatic carbocycles. The standard InChI is InChI=1S/C4H7NO3/c1-3(4(6)7)5-8-2/h1-2H3,(H,6,7)/p-1/b5-3-. The first-order valence-electron chi connectivity index (χ1n) is 1.97. The molecule has 0 amide bonds. The second-order valence-corrected chi connectivity index (χ2v) is 1.15. The molecule has 0 aromatic rings. The lowest BCUT2D eigenvalue weighted by molar-refractivity contribution is -0.294. The summed E-state index contributed by atoms with van der Waals surface area (Å²) >= 11 is 0. The molecule has 0 rings (SSSR count). The lowest BCUT2D eigenvalue weighted by Gasteiger charge is -1.96. The molecule has 0 aromatic carbocycles. The van der Waals surface area contributed by atoms with Crippen LogP contribution in [0.25, 0.3) is 0 Å². The normalized spacial score (nSPS) is 11.0. The van der Waals surface area contributed by atoms with E-state index in [2.05, 4.69) is 9.99 Å².